The Morgan fingerprint density at radius 1 is 1.33 bits per heavy atom. The zero-order valence-electron chi connectivity index (χ0n) is 10.2. The van der Waals surface area contributed by atoms with Crippen LogP contribution < -0.4 is 0 Å². The van der Waals surface area contributed by atoms with Crippen molar-refractivity contribution in [2.24, 2.45) is 7.05 Å². The third-order valence-electron chi connectivity index (χ3n) is 3.19. The lowest BCUT2D eigenvalue weighted by Gasteiger charge is -2.32. The molecule has 0 amide bonds. The number of rotatable bonds is 2. The molecule has 1 saturated heterocycles. The van der Waals surface area contributed by atoms with Crippen LogP contribution in [-0.4, -0.2) is 27.8 Å². The largest absolute Gasteiger partial charge is 0.297 e. The fraction of sp³-hybridized carbons (Fsp3) is 0.750. The lowest BCUT2D eigenvalue weighted by molar-refractivity contribution is 0.167. The highest BCUT2D eigenvalue weighted by Gasteiger charge is 2.24. The topological polar surface area (TPSA) is 21.1 Å². The molecule has 0 spiro atoms. The summed E-state index contributed by atoms with van der Waals surface area (Å²) < 4.78 is 2.03. The minimum Gasteiger partial charge on any atom is -0.297 e. The first kappa shape index (κ1) is 10.7. The Bertz CT molecular complexity index is 342. The third kappa shape index (κ3) is 2.07. The molecule has 1 aliphatic rings. The third-order valence-corrected chi connectivity index (χ3v) is 3.19. The predicted octanol–water partition coefficient (Wildman–Crippen LogP) is 1.92. The van der Waals surface area contributed by atoms with Crippen LogP contribution in [0.2, 0.25) is 0 Å². The average molecular weight is 207 g/mol. The number of aromatic nitrogens is 2. The fourth-order valence-corrected chi connectivity index (χ4v) is 2.03. The van der Waals surface area contributed by atoms with Crippen molar-refractivity contribution < 1.29 is 0 Å². The van der Waals surface area contributed by atoms with Crippen molar-refractivity contribution in [2.75, 3.05) is 13.1 Å². The summed E-state index contributed by atoms with van der Waals surface area (Å²) in [4.78, 5) is 2.48. The smallest absolute Gasteiger partial charge is 0.0558 e. The van der Waals surface area contributed by atoms with E-state index in [9.17, 15) is 0 Å². The number of nitrogens with zero attached hydrogens (tertiary/aromatic N) is 3. The van der Waals surface area contributed by atoms with Crippen LogP contribution in [0, 0.1) is 0 Å². The first-order valence-corrected chi connectivity index (χ1v) is 5.72. The van der Waals surface area contributed by atoms with Gasteiger partial charge in [-0.1, -0.05) is 20.8 Å². The van der Waals surface area contributed by atoms with Gasteiger partial charge in [0.25, 0.3) is 0 Å². The van der Waals surface area contributed by atoms with E-state index in [-0.39, 0.29) is 5.41 Å². The van der Waals surface area contributed by atoms with Crippen LogP contribution in [0.4, 0.5) is 0 Å². The van der Waals surface area contributed by atoms with Gasteiger partial charge in [0, 0.05) is 13.6 Å². The summed E-state index contributed by atoms with van der Waals surface area (Å²) in [6, 6.07) is 0. The summed E-state index contributed by atoms with van der Waals surface area (Å²) in [7, 11) is 2.05. The summed E-state index contributed by atoms with van der Waals surface area (Å²) >= 11 is 0. The van der Waals surface area contributed by atoms with Crippen LogP contribution >= 0.6 is 0 Å². The molecule has 0 atom stereocenters. The molecule has 15 heavy (non-hydrogen) atoms. The second kappa shape index (κ2) is 3.63. The van der Waals surface area contributed by atoms with E-state index in [1.54, 1.807) is 0 Å². The van der Waals surface area contributed by atoms with Gasteiger partial charge in [0.05, 0.1) is 11.9 Å². The summed E-state index contributed by atoms with van der Waals surface area (Å²) in [5.74, 6) is 0. The molecular formula is C12H21N3. The molecule has 1 aromatic heterocycles. The van der Waals surface area contributed by atoms with E-state index in [1.165, 1.54) is 30.8 Å². The second-order valence-electron chi connectivity index (χ2n) is 5.51. The van der Waals surface area contributed by atoms with Crippen molar-refractivity contribution in [1.82, 2.24) is 14.7 Å². The molecule has 0 saturated carbocycles. The average Bonchev–Trinajstić information content (AvgIpc) is 2.39. The fourth-order valence-electron chi connectivity index (χ4n) is 2.03. The van der Waals surface area contributed by atoms with Gasteiger partial charge in [0.15, 0.2) is 0 Å². The molecule has 84 valence electrons. The van der Waals surface area contributed by atoms with E-state index in [4.69, 9.17) is 0 Å². The molecule has 0 aliphatic carbocycles. The summed E-state index contributed by atoms with van der Waals surface area (Å²) in [6.45, 7) is 10.3. The highest BCUT2D eigenvalue weighted by atomic mass is 15.3. The van der Waals surface area contributed by atoms with Gasteiger partial charge in [-0.25, -0.2) is 0 Å². The lowest BCUT2D eigenvalue weighted by Crippen LogP contribution is -2.37. The molecule has 0 N–H and O–H groups in total. The van der Waals surface area contributed by atoms with Crippen molar-refractivity contribution in [2.45, 2.75) is 39.2 Å². The first-order chi connectivity index (χ1) is 6.98. The van der Waals surface area contributed by atoms with Crippen molar-refractivity contribution in [3.63, 3.8) is 0 Å². The lowest BCUT2D eigenvalue weighted by atomic mass is 9.87. The maximum absolute atomic E-state index is 4.38. The number of likely N-dealkylation sites (tertiary alicyclic amines) is 1. The second-order valence-corrected chi connectivity index (χ2v) is 5.51. The maximum Gasteiger partial charge on any atom is 0.0558 e. The van der Waals surface area contributed by atoms with Crippen molar-refractivity contribution >= 4 is 0 Å². The number of hydrogen-bond donors (Lipinski definition) is 0. The van der Waals surface area contributed by atoms with Gasteiger partial charge in [-0.15, -0.1) is 0 Å². The highest BCUT2D eigenvalue weighted by Crippen LogP contribution is 2.27. The summed E-state index contributed by atoms with van der Waals surface area (Å²) in [5, 5.41) is 4.38. The Balaban J connectivity index is 2.23. The maximum atomic E-state index is 4.38. The van der Waals surface area contributed by atoms with Crippen LogP contribution in [0.1, 0.15) is 38.4 Å². The molecule has 1 aromatic rings. The SMILES string of the molecule is Cn1ncc(C(C)(C)C)c1CN1CCC1. The molecule has 3 nitrogen and oxygen atoms in total. The molecule has 0 aromatic carbocycles. The van der Waals surface area contributed by atoms with Crippen molar-refractivity contribution in [3.05, 3.63) is 17.5 Å². The van der Waals surface area contributed by atoms with E-state index in [1.807, 2.05) is 17.9 Å². The summed E-state index contributed by atoms with van der Waals surface area (Å²) in [6.07, 6.45) is 3.37. The van der Waals surface area contributed by atoms with E-state index < -0.39 is 0 Å². The Labute approximate surface area is 92.1 Å². The summed E-state index contributed by atoms with van der Waals surface area (Å²) in [5.41, 5.74) is 2.97. The van der Waals surface area contributed by atoms with E-state index in [2.05, 4.69) is 30.8 Å². The Morgan fingerprint density at radius 2 is 2.00 bits per heavy atom. The molecule has 3 heteroatoms. The minimum absolute atomic E-state index is 0.203. The van der Waals surface area contributed by atoms with Crippen LogP contribution in [0.3, 0.4) is 0 Å². The minimum atomic E-state index is 0.203. The van der Waals surface area contributed by atoms with Gasteiger partial charge in [0.1, 0.15) is 0 Å². The number of hydrogen-bond acceptors (Lipinski definition) is 2. The highest BCUT2D eigenvalue weighted by molar-refractivity contribution is 5.25. The molecule has 1 aliphatic heterocycles. The van der Waals surface area contributed by atoms with Crippen LogP contribution in [0.5, 0.6) is 0 Å². The molecule has 0 radical (unpaired) electrons. The standard InChI is InChI=1S/C12H21N3/c1-12(2,3)10-8-13-14(4)11(10)9-15-6-5-7-15/h8H,5-7,9H2,1-4H3. The van der Waals surface area contributed by atoms with Gasteiger partial charge in [0.2, 0.25) is 0 Å². The van der Waals surface area contributed by atoms with Crippen LogP contribution in [0.25, 0.3) is 0 Å². The molecule has 0 unspecified atom stereocenters. The van der Waals surface area contributed by atoms with Gasteiger partial charge in [-0.05, 0) is 30.5 Å². The zero-order valence-corrected chi connectivity index (χ0v) is 10.2. The van der Waals surface area contributed by atoms with E-state index in [0.717, 1.165) is 6.54 Å². The van der Waals surface area contributed by atoms with Crippen LogP contribution in [-0.2, 0) is 19.0 Å². The Hall–Kier alpha value is -0.830. The Morgan fingerprint density at radius 3 is 2.47 bits per heavy atom. The molecule has 2 heterocycles. The molecule has 2 rings (SSSR count). The van der Waals surface area contributed by atoms with Crippen molar-refractivity contribution in [3.8, 4) is 0 Å². The van der Waals surface area contributed by atoms with Crippen LogP contribution in [0.15, 0.2) is 6.20 Å². The zero-order chi connectivity index (χ0) is 11.1. The van der Waals surface area contributed by atoms with Gasteiger partial charge in [-0.3, -0.25) is 9.58 Å². The molecule has 0 bridgehead atoms. The van der Waals surface area contributed by atoms with E-state index >= 15 is 0 Å². The normalized spacial score (nSPS) is 17.9. The monoisotopic (exact) mass is 207 g/mol. The van der Waals surface area contributed by atoms with Gasteiger partial charge >= 0.3 is 0 Å². The Kier molecular flexibility index (Phi) is 2.59. The molecular weight excluding hydrogens is 186 g/mol. The van der Waals surface area contributed by atoms with Gasteiger partial charge < -0.3 is 0 Å². The van der Waals surface area contributed by atoms with E-state index in [0.29, 0.717) is 0 Å². The predicted molar refractivity (Wildman–Crippen MR) is 61.8 cm³/mol. The van der Waals surface area contributed by atoms with Crippen molar-refractivity contribution in [1.29, 1.82) is 0 Å². The first-order valence-electron chi connectivity index (χ1n) is 5.72. The molecule has 1 fully saturated rings. The van der Waals surface area contributed by atoms with Gasteiger partial charge in [-0.2, -0.15) is 5.10 Å². The quantitative estimate of drug-likeness (QED) is 0.739. The number of aryl methyl sites for hydroxylation is 1.